The van der Waals surface area contributed by atoms with Crippen LogP contribution in [0.3, 0.4) is 0 Å². The van der Waals surface area contributed by atoms with Crippen LogP contribution in [-0.2, 0) is 11.3 Å². The van der Waals surface area contributed by atoms with Crippen molar-refractivity contribution in [3.05, 3.63) is 59.9 Å². The highest BCUT2D eigenvalue weighted by Gasteiger charge is 2.00. The van der Waals surface area contributed by atoms with E-state index in [1.54, 1.807) is 18.7 Å². The van der Waals surface area contributed by atoms with E-state index in [-0.39, 0.29) is 0 Å². The van der Waals surface area contributed by atoms with Gasteiger partial charge in [-0.3, -0.25) is 10.0 Å². The van der Waals surface area contributed by atoms with Crippen molar-refractivity contribution in [2.45, 2.75) is 6.54 Å². The number of aromatic nitrogens is 1. The van der Waals surface area contributed by atoms with Gasteiger partial charge in [0.2, 0.25) is 0 Å². The molecule has 0 unspecified atom stereocenters. The van der Waals surface area contributed by atoms with Crippen LogP contribution in [0.4, 0.5) is 0 Å². The van der Waals surface area contributed by atoms with Crippen LogP contribution in [0.25, 0.3) is 6.08 Å². The lowest BCUT2D eigenvalue weighted by atomic mass is 10.2. The molecule has 1 amide bonds. The normalized spacial score (nSPS) is 10.7. The molecule has 0 bridgehead atoms. The number of hydroxylamine groups is 1. The van der Waals surface area contributed by atoms with Gasteiger partial charge < -0.3 is 9.30 Å². The molecule has 1 heterocycles. The number of methoxy groups -OCH3 is 1. The van der Waals surface area contributed by atoms with Crippen molar-refractivity contribution < 1.29 is 14.7 Å². The van der Waals surface area contributed by atoms with E-state index in [0.717, 1.165) is 17.0 Å². The molecule has 2 N–H and O–H groups in total. The van der Waals surface area contributed by atoms with Crippen LogP contribution in [0.15, 0.2) is 48.7 Å². The van der Waals surface area contributed by atoms with Crippen molar-refractivity contribution in [2.75, 3.05) is 7.11 Å². The molecule has 0 atom stereocenters. The first kappa shape index (κ1) is 13.9. The van der Waals surface area contributed by atoms with Crippen LogP contribution in [0.1, 0.15) is 11.3 Å². The average Bonchev–Trinajstić information content (AvgIpc) is 2.92. The molecule has 2 rings (SSSR count). The maximum atomic E-state index is 11.0. The molecular formula is C15H16N2O3. The van der Waals surface area contributed by atoms with Crippen LogP contribution >= 0.6 is 0 Å². The number of carbonyl (C=O) groups excluding carboxylic acids is 1. The predicted molar refractivity (Wildman–Crippen MR) is 75.5 cm³/mol. The van der Waals surface area contributed by atoms with E-state index in [2.05, 4.69) is 0 Å². The van der Waals surface area contributed by atoms with Crippen molar-refractivity contribution in [1.82, 2.24) is 10.0 Å². The maximum absolute atomic E-state index is 11.0. The Morgan fingerprint density at radius 1 is 1.35 bits per heavy atom. The van der Waals surface area contributed by atoms with Gasteiger partial charge in [-0.25, -0.2) is 5.48 Å². The van der Waals surface area contributed by atoms with E-state index in [1.165, 1.54) is 6.08 Å². The van der Waals surface area contributed by atoms with E-state index >= 15 is 0 Å². The third kappa shape index (κ3) is 3.49. The van der Waals surface area contributed by atoms with Crippen molar-refractivity contribution in [3.63, 3.8) is 0 Å². The minimum atomic E-state index is -0.554. The van der Waals surface area contributed by atoms with Gasteiger partial charge in [-0.15, -0.1) is 0 Å². The van der Waals surface area contributed by atoms with Crippen LogP contribution in [-0.4, -0.2) is 22.8 Å². The number of benzene rings is 1. The minimum absolute atomic E-state index is 0.554. The molecule has 0 saturated carbocycles. The van der Waals surface area contributed by atoms with Crippen LogP contribution in [0.2, 0.25) is 0 Å². The van der Waals surface area contributed by atoms with Gasteiger partial charge in [0.25, 0.3) is 5.91 Å². The van der Waals surface area contributed by atoms with Gasteiger partial charge in [0.1, 0.15) is 5.75 Å². The minimum Gasteiger partial charge on any atom is -0.497 e. The Bertz CT molecular complexity index is 600. The SMILES string of the molecule is COc1ccc(Cn2cccc2C=CC(=O)NO)cc1. The second kappa shape index (κ2) is 6.58. The quantitative estimate of drug-likeness (QED) is 0.497. The third-order valence-electron chi connectivity index (χ3n) is 2.89. The van der Waals surface area contributed by atoms with Crippen LogP contribution in [0.5, 0.6) is 5.75 Å². The summed E-state index contributed by atoms with van der Waals surface area (Å²) in [7, 11) is 1.63. The van der Waals surface area contributed by atoms with Crippen molar-refractivity contribution in [3.8, 4) is 5.75 Å². The summed E-state index contributed by atoms with van der Waals surface area (Å²) in [5.74, 6) is 0.267. The molecule has 5 nitrogen and oxygen atoms in total. The molecule has 0 radical (unpaired) electrons. The molecule has 2 aromatic rings. The molecule has 0 aliphatic carbocycles. The van der Waals surface area contributed by atoms with E-state index in [0.29, 0.717) is 6.54 Å². The zero-order valence-electron chi connectivity index (χ0n) is 11.1. The molecule has 1 aromatic carbocycles. The molecular weight excluding hydrogens is 256 g/mol. The van der Waals surface area contributed by atoms with E-state index in [4.69, 9.17) is 9.94 Å². The van der Waals surface area contributed by atoms with E-state index < -0.39 is 5.91 Å². The first-order chi connectivity index (χ1) is 9.72. The summed E-state index contributed by atoms with van der Waals surface area (Å²) in [5.41, 5.74) is 3.57. The number of hydrogen-bond donors (Lipinski definition) is 2. The number of ether oxygens (including phenoxy) is 1. The number of nitrogens with zero attached hydrogens (tertiary/aromatic N) is 1. The standard InChI is InChI=1S/C15H16N2O3/c1-20-14-7-4-12(5-8-14)11-17-10-2-3-13(17)6-9-15(18)16-19/h2-10,19H,11H2,1H3,(H,16,18). The first-order valence-electron chi connectivity index (χ1n) is 6.13. The molecule has 1 aromatic heterocycles. The maximum Gasteiger partial charge on any atom is 0.267 e. The van der Waals surface area contributed by atoms with Gasteiger partial charge in [-0.2, -0.15) is 0 Å². The zero-order valence-corrected chi connectivity index (χ0v) is 11.1. The fraction of sp³-hybridized carbons (Fsp3) is 0.133. The summed E-state index contributed by atoms with van der Waals surface area (Å²) in [6.07, 6.45) is 4.86. The summed E-state index contributed by atoms with van der Waals surface area (Å²) in [6.45, 7) is 0.692. The lowest BCUT2D eigenvalue weighted by Crippen LogP contribution is -2.15. The summed E-state index contributed by atoms with van der Waals surface area (Å²) < 4.78 is 7.12. The Labute approximate surface area is 117 Å². The highest BCUT2D eigenvalue weighted by Crippen LogP contribution is 2.14. The Kier molecular flexibility index (Phi) is 4.57. The van der Waals surface area contributed by atoms with Gasteiger partial charge in [0.15, 0.2) is 0 Å². The molecule has 5 heteroatoms. The fourth-order valence-corrected chi connectivity index (χ4v) is 1.85. The molecule has 20 heavy (non-hydrogen) atoms. The third-order valence-corrected chi connectivity index (χ3v) is 2.89. The van der Waals surface area contributed by atoms with Crippen LogP contribution < -0.4 is 10.2 Å². The number of nitrogens with one attached hydrogen (secondary N) is 1. The first-order valence-corrected chi connectivity index (χ1v) is 6.13. The summed E-state index contributed by atoms with van der Waals surface area (Å²) in [4.78, 5) is 11.0. The van der Waals surface area contributed by atoms with Gasteiger partial charge in [-0.05, 0) is 35.9 Å². The molecule has 0 fully saturated rings. The molecule has 0 saturated heterocycles. The predicted octanol–water partition coefficient (Wildman–Crippen LogP) is 2.06. The summed E-state index contributed by atoms with van der Waals surface area (Å²) >= 11 is 0. The Hall–Kier alpha value is -2.53. The largest absolute Gasteiger partial charge is 0.497 e. The number of hydrogen-bond acceptors (Lipinski definition) is 3. The topological polar surface area (TPSA) is 63.5 Å². The van der Waals surface area contributed by atoms with E-state index in [9.17, 15) is 4.79 Å². The van der Waals surface area contributed by atoms with Crippen molar-refractivity contribution in [2.24, 2.45) is 0 Å². The Morgan fingerprint density at radius 2 is 2.10 bits per heavy atom. The van der Waals surface area contributed by atoms with Crippen LogP contribution in [0, 0.1) is 0 Å². The molecule has 0 aliphatic rings. The second-order valence-corrected chi connectivity index (χ2v) is 4.22. The smallest absolute Gasteiger partial charge is 0.267 e. The highest BCUT2D eigenvalue weighted by molar-refractivity contribution is 5.90. The average molecular weight is 272 g/mol. The Morgan fingerprint density at radius 3 is 2.75 bits per heavy atom. The summed E-state index contributed by atoms with van der Waals surface area (Å²) in [5, 5.41) is 8.45. The van der Waals surface area contributed by atoms with Gasteiger partial charge in [0, 0.05) is 24.5 Å². The number of carbonyl (C=O) groups is 1. The fourth-order valence-electron chi connectivity index (χ4n) is 1.85. The lowest BCUT2D eigenvalue weighted by Gasteiger charge is -2.07. The van der Waals surface area contributed by atoms with Crippen molar-refractivity contribution in [1.29, 1.82) is 0 Å². The molecule has 104 valence electrons. The molecule has 0 spiro atoms. The van der Waals surface area contributed by atoms with Gasteiger partial charge in [-0.1, -0.05) is 12.1 Å². The molecule has 0 aliphatic heterocycles. The lowest BCUT2D eigenvalue weighted by molar-refractivity contribution is -0.124. The number of amides is 1. The van der Waals surface area contributed by atoms with E-state index in [1.807, 2.05) is 47.2 Å². The monoisotopic (exact) mass is 272 g/mol. The van der Waals surface area contributed by atoms with Gasteiger partial charge in [0.05, 0.1) is 7.11 Å². The van der Waals surface area contributed by atoms with Gasteiger partial charge >= 0.3 is 0 Å². The van der Waals surface area contributed by atoms with Crippen molar-refractivity contribution >= 4 is 12.0 Å². The summed E-state index contributed by atoms with van der Waals surface area (Å²) in [6, 6.07) is 11.6. The highest BCUT2D eigenvalue weighted by atomic mass is 16.5. The second-order valence-electron chi connectivity index (χ2n) is 4.22. The zero-order chi connectivity index (χ0) is 14.4. The number of rotatable bonds is 5. The Balaban J connectivity index is 2.11.